The third-order valence-corrected chi connectivity index (χ3v) is 3.59. The summed E-state index contributed by atoms with van der Waals surface area (Å²) in [5, 5.41) is 66.8. The molecule has 10 nitrogen and oxygen atoms in total. The molecule has 2 heterocycles. The average molecular weight is 312 g/mol. The van der Waals surface area contributed by atoms with E-state index in [0.29, 0.717) is 0 Å². The van der Waals surface area contributed by atoms with E-state index in [1.165, 1.54) is 0 Å². The lowest BCUT2D eigenvalue weighted by molar-refractivity contribution is -0.345. The first-order valence-electron chi connectivity index (χ1n) is 6.48. The molecule has 0 bridgehead atoms. The van der Waals surface area contributed by atoms with E-state index in [1.807, 2.05) is 0 Å². The van der Waals surface area contributed by atoms with Crippen molar-refractivity contribution >= 4 is 0 Å². The van der Waals surface area contributed by atoms with Crippen LogP contribution in [0.5, 0.6) is 0 Å². The summed E-state index contributed by atoms with van der Waals surface area (Å²) in [5.41, 5.74) is 0. The molecule has 2 aliphatic rings. The number of ether oxygens (including phenoxy) is 3. The van der Waals surface area contributed by atoms with Crippen molar-refractivity contribution in [3.05, 3.63) is 0 Å². The molecule has 2 aliphatic heterocycles. The van der Waals surface area contributed by atoms with E-state index in [1.54, 1.807) is 0 Å². The zero-order valence-electron chi connectivity index (χ0n) is 11.0. The van der Waals surface area contributed by atoms with Crippen LogP contribution in [0.1, 0.15) is 0 Å². The first kappa shape index (κ1) is 17.0. The van der Waals surface area contributed by atoms with Crippen LogP contribution in [-0.2, 0) is 14.2 Å². The van der Waals surface area contributed by atoms with Crippen LogP contribution in [0.3, 0.4) is 0 Å². The Bertz CT molecular complexity index is 339. The quantitative estimate of drug-likeness (QED) is 0.268. The maximum absolute atomic E-state index is 9.79. The number of hydrogen-bond acceptors (Lipinski definition) is 10. The fourth-order valence-corrected chi connectivity index (χ4v) is 2.29. The zero-order valence-corrected chi connectivity index (χ0v) is 11.0. The van der Waals surface area contributed by atoms with E-state index in [9.17, 15) is 30.6 Å². The Balaban J connectivity index is 2.06. The highest BCUT2D eigenvalue weighted by molar-refractivity contribution is 4.91. The van der Waals surface area contributed by atoms with Gasteiger partial charge in [0.2, 0.25) is 0 Å². The van der Waals surface area contributed by atoms with Gasteiger partial charge in [0.15, 0.2) is 12.6 Å². The topological polar surface area (TPSA) is 169 Å². The normalized spacial score (nSPS) is 51.9. The van der Waals surface area contributed by atoms with Gasteiger partial charge in [-0.25, -0.2) is 0 Å². The van der Waals surface area contributed by atoms with Crippen LogP contribution >= 0.6 is 0 Å². The van der Waals surface area contributed by atoms with Gasteiger partial charge in [0.05, 0.1) is 13.2 Å². The Kier molecular flexibility index (Phi) is 5.48. The molecule has 0 radical (unpaired) electrons. The lowest BCUT2D eigenvalue weighted by Gasteiger charge is -2.43. The van der Waals surface area contributed by atoms with E-state index in [-0.39, 0.29) is 6.61 Å². The van der Waals surface area contributed by atoms with E-state index in [4.69, 9.17) is 14.6 Å². The Hall–Kier alpha value is -0.400. The minimum atomic E-state index is -1.66. The minimum Gasteiger partial charge on any atom is -0.394 e. The van der Waals surface area contributed by atoms with Crippen LogP contribution in [0.4, 0.5) is 0 Å². The third-order valence-electron chi connectivity index (χ3n) is 3.59. The largest absolute Gasteiger partial charge is 0.394 e. The van der Waals surface area contributed by atoms with Crippen molar-refractivity contribution in [2.45, 2.75) is 55.3 Å². The number of hydrogen-bond donors (Lipinski definition) is 7. The fraction of sp³-hybridized carbons (Fsp3) is 1.00. The Morgan fingerprint density at radius 2 is 1.57 bits per heavy atom. The maximum Gasteiger partial charge on any atom is 0.187 e. The molecule has 124 valence electrons. The first-order valence-corrected chi connectivity index (χ1v) is 6.48. The molecule has 2 rings (SSSR count). The summed E-state index contributed by atoms with van der Waals surface area (Å²) in [5.74, 6) is 0. The van der Waals surface area contributed by atoms with Crippen molar-refractivity contribution in [3.8, 4) is 0 Å². The van der Waals surface area contributed by atoms with Gasteiger partial charge in [0.25, 0.3) is 0 Å². The van der Waals surface area contributed by atoms with E-state index in [0.717, 1.165) is 0 Å². The summed E-state index contributed by atoms with van der Waals surface area (Å²) in [6.07, 6.45) is -13.3. The molecule has 2 fully saturated rings. The van der Waals surface area contributed by atoms with Crippen LogP contribution in [0.2, 0.25) is 0 Å². The second-order valence-electron chi connectivity index (χ2n) is 5.08. The van der Waals surface area contributed by atoms with Gasteiger partial charge in [-0.2, -0.15) is 0 Å². The number of rotatable bonds is 3. The minimum absolute atomic E-state index is 0.305. The van der Waals surface area contributed by atoms with Gasteiger partial charge >= 0.3 is 0 Å². The molecule has 21 heavy (non-hydrogen) atoms. The van der Waals surface area contributed by atoms with Gasteiger partial charge < -0.3 is 50.0 Å². The van der Waals surface area contributed by atoms with Crippen LogP contribution in [0, 0.1) is 0 Å². The van der Waals surface area contributed by atoms with Gasteiger partial charge in [-0.15, -0.1) is 0 Å². The van der Waals surface area contributed by atoms with E-state index in [2.05, 4.69) is 4.74 Å². The van der Waals surface area contributed by atoms with Crippen LogP contribution < -0.4 is 0 Å². The molecule has 9 atom stereocenters. The Labute approximate surface area is 119 Å². The molecule has 0 amide bonds. The number of aliphatic hydroxyl groups excluding tert-OH is 7. The van der Waals surface area contributed by atoms with Crippen molar-refractivity contribution < 1.29 is 50.0 Å². The molecular weight excluding hydrogens is 292 g/mol. The molecule has 7 N–H and O–H groups in total. The molecular formula is C11H20O10. The number of aliphatic hydroxyl groups is 7. The van der Waals surface area contributed by atoms with Crippen molar-refractivity contribution in [1.82, 2.24) is 0 Å². The van der Waals surface area contributed by atoms with Crippen molar-refractivity contribution in [3.63, 3.8) is 0 Å². The lowest BCUT2D eigenvalue weighted by atomic mass is 9.98. The van der Waals surface area contributed by atoms with Crippen molar-refractivity contribution in [2.75, 3.05) is 13.2 Å². The zero-order chi connectivity index (χ0) is 15.7. The maximum atomic E-state index is 9.79. The first-order chi connectivity index (χ1) is 9.86. The van der Waals surface area contributed by atoms with Crippen LogP contribution in [0.15, 0.2) is 0 Å². The molecule has 0 aromatic carbocycles. The molecule has 0 saturated carbocycles. The molecule has 0 aromatic rings. The molecule has 0 spiro atoms. The van der Waals surface area contributed by atoms with Gasteiger partial charge in [-0.1, -0.05) is 0 Å². The summed E-state index contributed by atoms with van der Waals surface area (Å²) in [7, 11) is 0. The standard InChI is InChI=1S/C11H20O10/c12-1-4-5(14)6(15)7(16)11(20-4)21-9-3(13)2-19-10(18)8(9)17/h3-18H,1-2H2/t3-,4+,5-,6-,7+,8-,9+,10+,11-/m0/s1. The highest BCUT2D eigenvalue weighted by atomic mass is 16.7. The predicted octanol–water partition coefficient (Wildman–Crippen LogP) is -4.76. The molecule has 2 saturated heterocycles. The second-order valence-corrected chi connectivity index (χ2v) is 5.08. The van der Waals surface area contributed by atoms with E-state index < -0.39 is 61.9 Å². The molecule has 10 heteroatoms. The fourth-order valence-electron chi connectivity index (χ4n) is 2.29. The highest BCUT2D eigenvalue weighted by Gasteiger charge is 2.48. The molecule has 0 unspecified atom stereocenters. The van der Waals surface area contributed by atoms with Gasteiger partial charge in [0.1, 0.15) is 42.7 Å². The summed E-state index contributed by atoms with van der Waals surface area (Å²) in [6.45, 7) is -0.938. The smallest absolute Gasteiger partial charge is 0.187 e. The summed E-state index contributed by atoms with van der Waals surface area (Å²) < 4.78 is 15.0. The molecule has 0 aromatic heterocycles. The summed E-state index contributed by atoms with van der Waals surface area (Å²) in [4.78, 5) is 0. The second kappa shape index (κ2) is 6.79. The average Bonchev–Trinajstić information content (AvgIpc) is 2.47. The van der Waals surface area contributed by atoms with Crippen LogP contribution in [0.25, 0.3) is 0 Å². The van der Waals surface area contributed by atoms with Gasteiger partial charge in [0, 0.05) is 0 Å². The van der Waals surface area contributed by atoms with Crippen molar-refractivity contribution in [1.29, 1.82) is 0 Å². The lowest BCUT2D eigenvalue weighted by Crippen LogP contribution is -2.62. The Morgan fingerprint density at radius 1 is 0.905 bits per heavy atom. The van der Waals surface area contributed by atoms with Crippen molar-refractivity contribution in [2.24, 2.45) is 0 Å². The highest BCUT2D eigenvalue weighted by Crippen LogP contribution is 2.26. The summed E-state index contributed by atoms with van der Waals surface area (Å²) >= 11 is 0. The van der Waals surface area contributed by atoms with E-state index >= 15 is 0 Å². The predicted molar refractivity (Wildman–Crippen MR) is 62.6 cm³/mol. The van der Waals surface area contributed by atoms with Gasteiger partial charge in [-0.05, 0) is 0 Å². The van der Waals surface area contributed by atoms with Gasteiger partial charge in [-0.3, -0.25) is 0 Å². The SMILES string of the molecule is OC[C@H]1O[C@@H](O[C@H]2[C@H](O)[C@H](O)OC[C@@H]2O)[C@H](O)[C@@H](O)[C@H]1O. The monoisotopic (exact) mass is 312 g/mol. The van der Waals surface area contributed by atoms with Crippen LogP contribution in [-0.4, -0.2) is 104 Å². The Morgan fingerprint density at radius 3 is 2.19 bits per heavy atom. The molecule has 0 aliphatic carbocycles. The third kappa shape index (κ3) is 3.35. The summed E-state index contributed by atoms with van der Waals surface area (Å²) in [6, 6.07) is 0.